The van der Waals surface area contributed by atoms with Gasteiger partial charge in [0.05, 0.1) is 33.8 Å². The molecule has 10 heteroatoms. The number of phosphoric ester groups is 1. The number of esters is 1. The smallest absolute Gasteiger partial charge is 0.456 e. The van der Waals surface area contributed by atoms with Gasteiger partial charge in [0.2, 0.25) is 5.91 Å². The van der Waals surface area contributed by atoms with Crippen LogP contribution in [-0.2, 0) is 27.9 Å². The summed E-state index contributed by atoms with van der Waals surface area (Å²) in [4.78, 5) is 37.9. The van der Waals surface area contributed by atoms with E-state index in [0.29, 0.717) is 17.4 Å². The van der Waals surface area contributed by atoms with Crippen LogP contribution in [0, 0.1) is 0 Å². The molecule has 0 saturated carbocycles. The molecule has 0 aromatic carbocycles. The molecule has 0 aliphatic rings. The molecule has 0 saturated heterocycles. The third-order valence-electron chi connectivity index (χ3n) is 15.4. The fourth-order valence-electron chi connectivity index (χ4n) is 9.89. The van der Waals surface area contributed by atoms with Gasteiger partial charge in [-0.3, -0.25) is 18.6 Å². The van der Waals surface area contributed by atoms with Crippen LogP contribution in [0.2, 0.25) is 0 Å². The minimum atomic E-state index is -4.47. The first-order valence-corrected chi connectivity index (χ1v) is 37.4. The number of nitrogens with one attached hydrogen (secondary N) is 1. The number of rotatable bonds is 64. The maximum atomic E-state index is 13.6. The van der Waals surface area contributed by atoms with Crippen LogP contribution >= 0.6 is 7.82 Å². The van der Waals surface area contributed by atoms with Gasteiger partial charge in [0.25, 0.3) is 0 Å². The van der Waals surface area contributed by atoms with Crippen LogP contribution in [0.5, 0.6) is 0 Å². The van der Waals surface area contributed by atoms with Crippen molar-refractivity contribution in [3.8, 4) is 0 Å². The number of phosphoric acid groups is 1. The summed E-state index contributed by atoms with van der Waals surface area (Å²) < 4.78 is 30.8. The van der Waals surface area contributed by atoms with Crippen molar-refractivity contribution in [3.05, 3.63) is 122 Å². The molecule has 0 aliphatic carbocycles. The van der Waals surface area contributed by atoms with E-state index in [4.69, 9.17) is 13.8 Å². The molecule has 500 valence electrons. The van der Waals surface area contributed by atoms with Gasteiger partial charge >= 0.3 is 13.8 Å². The standard InChI is InChI=1S/C77H135N2O7P/c1-7-10-13-16-19-22-25-27-29-31-33-35-37-38-39-40-42-44-46-48-50-52-55-58-61-64-67-70-77(81)86-75(68-65-62-59-56-53-24-21-18-15-12-9-3)74(73-85-87(82,83)84-72-71-79(4,5)6)78-76(80)69-66-63-60-57-54-51-49-47-45-43-41-36-34-32-30-28-26-23-20-17-14-11-8-2/h10,13,19-20,22-23,27-30,33-36,38-39,43,45,65,68,74-75H,7-9,11-12,14-18,21,24-26,31-32,37,40-42,44,46-64,66-67,69-73H2,1-6H3,(H-,78,80,82,83)/p+1/b13-10-,22-19-,23-20-,29-27-,30-28-,35-33-,36-34-,39-38-,45-43-,68-65+. The summed E-state index contributed by atoms with van der Waals surface area (Å²) in [5.74, 6) is -0.522. The van der Waals surface area contributed by atoms with Crippen LogP contribution in [0.4, 0.5) is 0 Å². The summed E-state index contributed by atoms with van der Waals surface area (Å²) in [6.07, 6.45) is 92.1. The highest BCUT2D eigenvalue weighted by molar-refractivity contribution is 7.47. The largest absolute Gasteiger partial charge is 0.472 e. The molecular formula is C77H136N2O7P+. The van der Waals surface area contributed by atoms with Crippen LogP contribution in [0.25, 0.3) is 0 Å². The number of allylic oxidation sites excluding steroid dienone is 19. The molecule has 9 nitrogen and oxygen atoms in total. The second kappa shape index (κ2) is 65.4. The molecule has 0 radical (unpaired) electrons. The van der Waals surface area contributed by atoms with Gasteiger partial charge in [0.1, 0.15) is 19.3 Å². The molecule has 87 heavy (non-hydrogen) atoms. The summed E-state index contributed by atoms with van der Waals surface area (Å²) in [6, 6.07) is -0.864. The summed E-state index contributed by atoms with van der Waals surface area (Å²) in [5.41, 5.74) is 0. The Morgan fingerprint density at radius 3 is 1.13 bits per heavy atom. The van der Waals surface area contributed by atoms with Crippen LogP contribution in [0.1, 0.15) is 303 Å². The molecule has 1 amide bonds. The maximum Gasteiger partial charge on any atom is 0.472 e. The van der Waals surface area contributed by atoms with Crippen molar-refractivity contribution in [1.82, 2.24) is 5.32 Å². The van der Waals surface area contributed by atoms with Crippen LogP contribution < -0.4 is 5.32 Å². The molecule has 0 fully saturated rings. The highest BCUT2D eigenvalue weighted by atomic mass is 31.2. The minimum absolute atomic E-state index is 0.0320. The second-order valence-electron chi connectivity index (χ2n) is 25.0. The quantitative estimate of drug-likeness (QED) is 0.0205. The Labute approximate surface area is 537 Å². The summed E-state index contributed by atoms with van der Waals surface area (Å²) in [5, 5.41) is 3.06. The van der Waals surface area contributed by atoms with Crippen molar-refractivity contribution < 1.29 is 37.3 Å². The molecule has 3 unspecified atom stereocenters. The maximum absolute atomic E-state index is 13.6. The zero-order chi connectivity index (χ0) is 63.5. The second-order valence-corrected chi connectivity index (χ2v) is 26.5. The number of amides is 1. The van der Waals surface area contributed by atoms with E-state index in [0.717, 1.165) is 122 Å². The molecule has 0 aromatic rings. The first-order chi connectivity index (χ1) is 42.4. The molecule has 3 atom stereocenters. The number of nitrogens with zero attached hydrogens (tertiary/aromatic N) is 1. The Hall–Kier alpha value is -3.59. The van der Waals surface area contributed by atoms with E-state index >= 15 is 0 Å². The zero-order valence-electron chi connectivity index (χ0n) is 57.2. The average molecular weight is 1230 g/mol. The Kier molecular flexibility index (Phi) is 62.7. The lowest BCUT2D eigenvalue weighted by Crippen LogP contribution is -2.47. The predicted octanol–water partition coefficient (Wildman–Crippen LogP) is 23.0. The van der Waals surface area contributed by atoms with Crippen molar-refractivity contribution in [3.63, 3.8) is 0 Å². The van der Waals surface area contributed by atoms with Crippen LogP contribution in [0.15, 0.2) is 122 Å². The molecule has 0 aromatic heterocycles. The first kappa shape index (κ1) is 83.4. The van der Waals surface area contributed by atoms with Crippen LogP contribution in [-0.4, -0.2) is 74.3 Å². The molecular weight excluding hydrogens is 1100 g/mol. The van der Waals surface area contributed by atoms with Gasteiger partial charge in [-0.2, -0.15) is 0 Å². The van der Waals surface area contributed by atoms with Gasteiger partial charge in [0.15, 0.2) is 0 Å². The van der Waals surface area contributed by atoms with E-state index in [2.05, 4.69) is 135 Å². The van der Waals surface area contributed by atoms with Gasteiger partial charge < -0.3 is 19.4 Å². The van der Waals surface area contributed by atoms with E-state index in [1.54, 1.807) is 0 Å². The average Bonchev–Trinajstić information content (AvgIpc) is 3.70. The molecule has 0 aliphatic heterocycles. The highest BCUT2D eigenvalue weighted by Gasteiger charge is 2.30. The zero-order valence-corrected chi connectivity index (χ0v) is 58.1. The van der Waals surface area contributed by atoms with Gasteiger partial charge in [-0.05, 0) is 122 Å². The number of carbonyl (C=O) groups is 2. The lowest BCUT2D eigenvalue weighted by molar-refractivity contribution is -0.870. The number of hydrogen-bond donors (Lipinski definition) is 2. The number of unbranched alkanes of at least 4 members (excludes halogenated alkanes) is 30. The van der Waals surface area contributed by atoms with Crippen molar-refractivity contribution >= 4 is 19.7 Å². The van der Waals surface area contributed by atoms with Gasteiger partial charge in [-0.15, -0.1) is 0 Å². The fourth-order valence-corrected chi connectivity index (χ4v) is 10.6. The first-order valence-electron chi connectivity index (χ1n) is 35.9. The van der Waals surface area contributed by atoms with E-state index in [1.807, 2.05) is 33.3 Å². The third kappa shape index (κ3) is 66.7. The lowest BCUT2D eigenvalue weighted by atomic mass is 10.0. The normalized spacial score (nSPS) is 14.2. The van der Waals surface area contributed by atoms with Gasteiger partial charge in [-0.25, -0.2) is 4.57 Å². The molecule has 0 heterocycles. The van der Waals surface area contributed by atoms with E-state index in [-0.39, 0.29) is 31.5 Å². The monoisotopic (exact) mass is 1230 g/mol. The Balaban J connectivity index is 5.05. The number of carbonyl (C=O) groups excluding carboxylic acids is 2. The van der Waals surface area contributed by atoms with Gasteiger partial charge in [0, 0.05) is 12.8 Å². The molecule has 0 rings (SSSR count). The fraction of sp³-hybridized carbons (Fsp3) is 0.714. The SMILES string of the molecule is CC/C=C\C/C=C\C/C=C\C/C=C\C/C=C\CCCCCCCCCCCCCC(=O)OC(/C=C/CCCCCCCCCCC)C(COP(=O)(O)OCC[N+](C)(C)C)NC(=O)CCCCCCCCC/C=C\C/C=C\C/C=C\C/C=C\CCCCC. The van der Waals surface area contributed by atoms with E-state index < -0.39 is 20.0 Å². The third-order valence-corrected chi connectivity index (χ3v) is 16.4. The highest BCUT2D eigenvalue weighted by Crippen LogP contribution is 2.43. The van der Waals surface area contributed by atoms with E-state index in [1.165, 1.54) is 148 Å². The Morgan fingerprint density at radius 1 is 0.414 bits per heavy atom. The number of hydrogen-bond acceptors (Lipinski definition) is 6. The van der Waals surface area contributed by atoms with Gasteiger partial charge in [-0.1, -0.05) is 290 Å². The topological polar surface area (TPSA) is 111 Å². The molecule has 0 spiro atoms. The van der Waals surface area contributed by atoms with Crippen molar-refractivity contribution in [1.29, 1.82) is 0 Å². The molecule has 0 bridgehead atoms. The Bertz CT molecular complexity index is 1900. The number of likely N-dealkylation sites (N-methyl/N-ethyl adjacent to an activating group) is 1. The number of quaternary nitrogens is 1. The van der Waals surface area contributed by atoms with Crippen molar-refractivity contribution in [2.24, 2.45) is 0 Å². The van der Waals surface area contributed by atoms with Crippen molar-refractivity contribution in [2.75, 3.05) is 40.9 Å². The summed E-state index contributed by atoms with van der Waals surface area (Å²) in [6.45, 7) is 6.86. The number of ether oxygens (including phenoxy) is 1. The van der Waals surface area contributed by atoms with Crippen LogP contribution in [0.3, 0.4) is 0 Å². The lowest BCUT2D eigenvalue weighted by Gasteiger charge is -2.27. The van der Waals surface area contributed by atoms with Crippen molar-refractivity contribution in [2.45, 2.75) is 315 Å². The predicted molar refractivity (Wildman–Crippen MR) is 378 cm³/mol. The molecule has 2 N–H and O–H groups in total. The summed E-state index contributed by atoms with van der Waals surface area (Å²) >= 11 is 0. The van der Waals surface area contributed by atoms with E-state index in [9.17, 15) is 19.0 Å². The summed E-state index contributed by atoms with van der Waals surface area (Å²) in [7, 11) is 1.48. The Morgan fingerprint density at radius 2 is 0.736 bits per heavy atom. The minimum Gasteiger partial charge on any atom is -0.456 e.